The predicted octanol–water partition coefficient (Wildman–Crippen LogP) is 1.86. The van der Waals surface area contributed by atoms with Gasteiger partial charge in [-0.15, -0.1) is 0 Å². The minimum Gasteiger partial charge on any atom is -0.497 e. The molecule has 0 saturated heterocycles. The molecule has 0 atom stereocenters. The number of rotatable bonds is 4. The van der Waals surface area contributed by atoms with Gasteiger partial charge in [-0.25, -0.2) is 10.2 Å². The van der Waals surface area contributed by atoms with Crippen LogP contribution in [0.2, 0.25) is 0 Å². The molecule has 104 valence electrons. The van der Waals surface area contributed by atoms with Crippen LogP contribution in [0.5, 0.6) is 11.5 Å². The van der Waals surface area contributed by atoms with Crippen molar-refractivity contribution in [3.05, 3.63) is 35.9 Å². The number of hydrogen-bond donors (Lipinski definition) is 2. The van der Waals surface area contributed by atoms with Gasteiger partial charge in [-0.3, -0.25) is 0 Å². The van der Waals surface area contributed by atoms with Gasteiger partial charge < -0.3 is 15.2 Å². The van der Waals surface area contributed by atoms with E-state index in [1.54, 1.807) is 14.2 Å². The van der Waals surface area contributed by atoms with E-state index in [4.69, 9.17) is 15.2 Å². The molecule has 0 aliphatic carbocycles. The van der Waals surface area contributed by atoms with Crippen LogP contribution >= 0.6 is 0 Å². The van der Waals surface area contributed by atoms with Gasteiger partial charge in [-0.05, 0) is 29.0 Å². The summed E-state index contributed by atoms with van der Waals surface area (Å²) in [5.74, 6) is 1.36. The summed E-state index contributed by atoms with van der Waals surface area (Å²) < 4.78 is 10.5. The molecule has 2 amide bonds. The molecule has 0 spiro atoms. The Kier molecular flexibility index (Phi) is 4.05. The molecule has 20 heavy (non-hydrogen) atoms. The number of hydrogen-bond acceptors (Lipinski definition) is 4. The summed E-state index contributed by atoms with van der Waals surface area (Å²) in [6.45, 7) is 0. The van der Waals surface area contributed by atoms with Crippen LogP contribution in [-0.4, -0.2) is 26.5 Å². The van der Waals surface area contributed by atoms with Gasteiger partial charge in [0.25, 0.3) is 0 Å². The largest absolute Gasteiger partial charge is 0.497 e. The van der Waals surface area contributed by atoms with Crippen molar-refractivity contribution in [3.63, 3.8) is 0 Å². The second kappa shape index (κ2) is 5.92. The SMILES string of the molecule is COc1ccc2ccc(OC)c(/C=N\NC(N)=O)c2c1. The van der Waals surface area contributed by atoms with E-state index < -0.39 is 6.03 Å². The van der Waals surface area contributed by atoms with Crippen molar-refractivity contribution in [2.45, 2.75) is 0 Å². The Labute approximate surface area is 116 Å². The molecule has 0 aromatic heterocycles. The first-order valence-electron chi connectivity index (χ1n) is 5.89. The van der Waals surface area contributed by atoms with Crippen molar-refractivity contribution in [2.24, 2.45) is 10.8 Å². The number of primary amides is 1. The summed E-state index contributed by atoms with van der Waals surface area (Å²) in [5.41, 5.74) is 7.86. The van der Waals surface area contributed by atoms with Gasteiger partial charge in [0.2, 0.25) is 0 Å². The fourth-order valence-corrected chi connectivity index (χ4v) is 1.90. The highest BCUT2D eigenvalue weighted by atomic mass is 16.5. The summed E-state index contributed by atoms with van der Waals surface area (Å²) in [7, 11) is 3.17. The Bertz CT molecular complexity index is 663. The highest BCUT2D eigenvalue weighted by Gasteiger charge is 2.07. The summed E-state index contributed by atoms with van der Waals surface area (Å²) >= 11 is 0. The van der Waals surface area contributed by atoms with Crippen LogP contribution < -0.4 is 20.6 Å². The van der Waals surface area contributed by atoms with Crippen molar-refractivity contribution >= 4 is 23.0 Å². The third-order valence-electron chi connectivity index (χ3n) is 2.82. The van der Waals surface area contributed by atoms with Gasteiger partial charge in [0, 0.05) is 5.56 Å². The molecule has 0 unspecified atom stereocenters. The number of nitrogens with one attached hydrogen (secondary N) is 1. The second-order valence-corrected chi connectivity index (χ2v) is 4.00. The van der Waals surface area contributed by atoms with E-state index in [9.17, 15) is 4.79 Å². The predicted molar refractivity (Wildman–Crippen MR) is 77.4 cm³/mol. The average molecular weight is 273 g/mol. The summed E-state index contributed by atoms with van der Waals surface area (Å²) in [5, 5.41) is 5.69. The molecule has 0 fully saturated rings. The molecular weight excluding hydrogens is 258 g/mol. The lowest BCUT2D eigenvalue weighted by Gasteiger charge is -2.09. The number of urea groups is 1. The zero-order chi connectivity index (χ0) is 14.5. The summed E-state index contributed by atoms with van der Waals surface area (Å²) in [4.78, 5) is 10.7. The number of methoxy groups -OCH3 is 2. The Hall–Kier alpha value is -2.76. The van der Waals surface area contributed by atoms with Gasteiger partial charge >= 0.3 is 6.03 Å². The normalized spacial score (nSPS) is 10.7. The molecule has 0 aliphatic heterocycles. The highest BCUT2D eigenvalue weighted by Crippen LogP contribution is 2.29. The van der Waals surface area contributed by atoms with E-state index in [1.165, 1.54) is 6.21 Å². The first kappa shape index (κ1) is 13.7. The fourth-order valence-electron chi connectivity index (χ4n) is 1.90. The molecule has 6 heteroatoms. The van der Waals surface area contributed by atoms with Crippen LogP contribution in [0.1, 0.15) is 5.56 Å². The van der Waals surface area contributed by atoms with E-state index in [-0.39, 0.29) is 0 Å². The molecule has 0 bridgehead atoms. The molecule has 6 nitrogen and oxygen atoms in total. The number of carbonyl (C=O) groups is 1. The van der Waals surface area contributed by atoms with Crippen LogP contribution in [0.25, 0.3) is 10.8 Å². The molecule has 0 aliphatic rings. The van der Waals surface area contributed by atoms with Gasteiger partial charge in [0.15, 0.2) is 0 Å². The highest BCUT2D eigenvalue weighted by molar-refractivity contribution is 6.03. The Morgan fingerprint density at radius 1 is 1.25 bits per heavy atom. The van der Waals surface area contributed by atoms with Gasteiger partial charge in [0.1, 0.15) is 11.5 Å². The monoisotopic (exact) mass is 273 g/mol. The minimum absolute atomic E-state index is 0.640. The number of hydrazone groups is 1. The third-order valence-corrected chi connectivity index (χ3v) is 2.82. The molecule has 2 aromatic rings. The lowest BCUT2D eigenvalue weighted by atomic mass is 10.0. The molecule has 3 N–H and O–H groups in total. The van der Waals surface area contributed by atoms with E-state index in [0.29, 0.717) is 5.75 Å². The zero-order valence-corrected chi connectivity index (χ0v) is 11.2. The van der Waals surface area contributed by atoms with Crippen molar-refractivity contribution in [1.29, 1.82) is 0 Å². The molecular formula is C14H15N3O3. The van der Waals surface area contributed by atoms with Crippen molar-refractivity contribution in [3.8, 4) is 11.5 Å². The van der Waals surface area contributed by atoms with E-state index in [0.717, 1.165) is 22.1 Å². The number of ether oxygens (including phenoxy) is 2. The fraction of sp³-hybridized carbons (Fsp3) is 0.143. The topological polar surface area (TPSA) is 85.9 Å². The standard InChI is InChI=1S/C14H15N3O3/c1-19-10-5-3-9-4-6-13(20-2)12(11(9)7-10)8-16-17-14(15)18/h3-8H,1-2H3,(H3,15,17,18)/b16-8-. The zero-order valence-electron chi connectivity index (χ0n) is 11.2. The minimum atomic E-state index is -0.724. The van der Waals surface area contributed by atoms with Crippen LogP contribution in [0.3, 0.4) is 0 Å². The maximum Gasteiger partial charge on any atom is 0.332 e. The number of amides is 2. The Balaban J connectivity index is 2.56. The quantitative estimate of drug-likeness (QED) is 0.658. The smallest absolute Gasteiger partial charge is 0.332 e. The lowest BCUT2D eigenvalue weighted by molar-refractivity contribution is 0.249. The van der Waals surface area contributed by atoms with Gasteiger partial charge in [-0.1, -0.05) is 12.1 Å². The maximum absolute atomic E-state index is 10.7. The molecule has 0 heterocycles. The number of fused-ring (bicyclic) bond motifs is 1. The first-order chi connectivity index (χ1) is 9.65. The molecule has 0 radical (unpaired) electrons. The average Bonchev–Trinajstić information content (AvgIpc) is 2.46. The molecule has 2 aromatic carbocycles. The number of carbonyl (C=O) groups excluding carboxylic acids is 1. The maximum atomic E-state index is 10.7. The lowest BCUT2D eigenvalue weighted by Crippen LogP contribution is -2.24. The third kappa shape index (κ3) is 2.80. The van der Waals surface area contributed by atoms with Crippen LogP contribution in [-0.2, 0) is 0 Å². The van der Waals surface area contributed by atoms with E-state index >= 15 is 0 Å². The molecule has 2 rings (SSSR count). The Morgan fingerprint density at radius 3 is 2.65 bits per heavy atom. The number of nitrogens with zero attached hydrogens (tertiary/aromatic N) is 1. The van der Waals surface area contributed by atoms with Gasteiger partial charge in [0.05, 0.1) is 20.4 Å². The Morgan fingerprint density at radius 2 is 2.00 bits per heavy atom. The van der Waals surface area contributed by atoms with Crippen LogP contribution in [0.4, 0.5) is 4.79 Å². The van der Waals surface area contributed by atoms with Gasteiger partial charge in [-0.2, -0.15) is 5.10 Å². The molecule has 0 saturated carbocycles. The van der Waals surface area contributed by atoms with E-state index in [2.05, 4.69) is 10.5 Å². The van der Waals surface area contributed by atoms with Crippen molar-refractivity contribution < 1.29 is 14.3 Å². The number of nitrogens with two attached hydrogens (primary N) is 1. The van der Waals surface area contributed by atoms with Crippen LogP contribution in [0.15, 0.2) is 35.4 Å². The summed E-state index contributed by atoms with van der Waals surface area (Å²) in [6, 6.07) is 8.73. The van der Waals surface area contributed by atoms with Crippen molar-refractivity contribution in [2.75, 3.05) is 14.2 Å². The van der Waals surface area contributed by atoms with Crippen molar-refractivity contribution in [1.82, 2.24) is 5.43 Å². The van der Waals surface area contributed by atoms with E-state index in [1.807, 2.05) is 30.3 Å². The first-order valence-corrected chi connectivity index (χ1v) is 5.89. The van der Waals surface area contributed by atoms with Crippen LogP contribution in [0, 0.1) is 0 Å². The second-order valence-electron chi connectivity index (χ2n) is 4.00. The number of benzene rings is 2. The summed E-state index contributed by atoms with van der Waals surface area (Å²) in [6.07, 6.45) is 1.49.